The molecule has 0 spiro atoms. The molecule has 118 valence electrons. The maximum atomic E-state index is 12.2. The molecule has 0 bridgehead atoms. The fourth-order valence-electron chi connectivity index (χ4n) is 2.95. The van der Waals surface area contributed by atoms with E-state index in [1.165, 1.54) is 25.7 Å². The Morgan fingerprint density at radius 1 is 1.29 bits per heavy atom. The van der Waals surface area contributed by atoms with Crippen LogP contribution in [0.2, 0.25) is 0 Å². The zero-order valence-electron chi connectivity index (χ0n) is 13.7. The average Bonchev–Trinajstić information content (AvgIpc) is 2.91. The van der Waals surface area contributed by atoms with Crippen molar-refractivity contribution in [1.29, 1.82) is 0 Å². The molecule has 1 heterocycles. The third kappa shape index (κ3) is 4.29. The molecule has 5 nitrogen and oxygen atoms in total. The lowest BCUT2D eigenvalue weighted by Crippen LogP contribution is -2.38. The third-order valence-corrected chi connectivity index (χ3v) is 4.28. The van der Waals surface area contributed by atoms with Gasteiger partial charge in [-0.05, 0) is 31.6 Å². The molecule has 0 aliphatic heterocycles. The highest BCUT2D eigenvalue weighted by atomic mass is 16.2. The van der Waals surface area contributed by atoms with Crippen LogP contribution < -0.4 is 5.32 Å². The zero-order chi connectivity index (χ0) is 15.5. The molecule has 5 heteroatoms. The molecule has 1 aliphatic carbocycles. The quantitative estimate of drug-likeness (QED) is 0.895. The fraction of sp³-hybridized carbons (Fsp3) is 0.812. The van der Waals surface area contributed by atoms with Gasteiger partial charge in [0, 0.05) is 11.5 Å². The summed E-state index contributed by atoms with van der Waals surface area (Å²) in [4.78, 5) is 16.5. The first-order valence-corrected chi connectivity index (χ1v) is 8.14. The number of carbonyl (C=O) groups excluding carboxylic acids is 1. The first kappa shape index (κ1) is 16.0. The van der Waals surface area contributed by atoms with E-state index in [0.717, 1.165) is 24.6 Å². The molecule has 21 heavy (non-hydrogen) atoms. The van der Waals surface area contributed by atoms with Gasteiger partial charge in [-0.3, -0.25) is 9.89 Å². The van der Waals surface area contributed by atoms with Crippen LogP contribution in [-0.2, 0) is 5.41 Å². The van der Waals surface area contributed by atoms with Crippen molar-refractivity contribution in [3.05, 3.63) is 11.6 Å². The average molecular weight is 292 g/mol. The molecule has 0 radical (unpaired) electrons. The predicted octanol–water partition coefficient (Wildman–Crippen LogP) is 3.19. The summed E-state index contributed by atoms with van der Waals surface area (Å²) >= 11 is 0. The number of nitrogens with zero attached hydrogens (tertiary/aromatic N) is 2. The molecular weight excluding hydrogens is 264 g/mol. The molecule has 2 N–H and O–H groups in total. The highest BCUT2D eigenvalue weighted by molar-refractivity contribution is 5.90. The first-order chi connectivity index (χ1) is 9.90. The molecule has 1 aromatic heterocycles. The number of aromatic amines is 1. The Morgan fingerprint density at radius 3 is 2.48 bits per heavy atom. The Labute approximate surface area is 127 Å². The van der Waals surface area contributed by atoms with Crippen molar-refractivity contribution in [1.82, 2.24) is 20.5 Å². The van der Waals surface area contributed by atoms with Crippen LogP contribution >= 0.6 is 0 Å². The van der Waals surface area contributed by atoms with Gasteiger partial charge in [-0.1, -0.05) is 40.5 Å². The van der Waals surface area contributed by atoms with Gasteiger partial charge in [0.1, 0.15) is 5.82 Å². The van der Waals surface area contributed by atoms with Crippen molar-refractivity contribution in [3.63, 3.8) is 0 Å². The second-order valence-corrected chi connectivity index (χ2v) is 7.24. The van der Waals surface area contributed by atoms with Gasteiger partial charge in [0.25, 0.3) is 5.91 Å². The van der Waals surface area contributed by atoms with Gasteiger partial charge >= 0.3 is 0 Å². The summed E-state index contributed by atoms with van der Waals surface area (Å²) < 4.78 is 0. The van der Waals surface area contributed by atoms with E-state index in [-0.39, 0.29) is 23.2 Å². The third-order valence-electron chi connectivity index (χ3n) is 4.28. The molecular formula is C16H28N4O. The maximum absolute atomic E-state index is 12.2. The Morgan fingerprint density at radius 2 is 1.95 bits per heavy atom. The van der Waals surface area contributed by atoms with Crippen LogP contribution in [0.3, 0.4) is 0 Å². The van der Waals surface area contributed by atoms with Gasteiger partial charge in [-0.15, -0.1) is 5.10 Å². The summed E-state index contributed by atoms with van der Waals surface area (Å²) in [5, 5.41) is 9.99. The first-order valence-electron chi connectivity index (χ1n) is 8.14. The molecule has 1 aromatic rings. The molecule has 1 aliphatic rings. The number of hydrogen-bond donors (Lipinski definition) is 2. The highest BCUT2D eigenvalue weighted by Gasteiger charge is 2.25. The number of amides is 1. The highest BCUT2D eigenvalue weighted by Crippen LogP contribution is 2.27. The van der Waals surface area contributed by atoms with Crippen LogP contribution in [0.1, 0.15) is 82.7 Å². The van der Waals surface area contributed by atoms with Crippen LogP contribution in [0.5, 0.6) is 0 Å². The summed E-state index contributed by atoms with van der Waals surface area (Å²) in [5.41, 5.74) is -0.121. The van der Waals surface area contributed by atoms with Gasteiger partial charge < -0.3 is 5.32 Å². The van der Waals surface area contributed by atoms with Crippen LogP contribution in [0.4, 0.5) is 0 Å². The van der Waals surface area contributed by atoms with Gasteiger partial charge in [-0.2, -0.15) is 0 Å². The van der Waals surface area contributed by atoms with E-state index in [2.05, 4.69) is 27.4 Å². The second kappa shape index (κ2) is 6.58. The van der Waals surface area contributed by atoms with Gasteiger partial charge in [0.05, 0.1) is 0 Å². The van der Waals surface area contributed by atoms with E-state index in [0.29, 0.717) is 0 Å². The van der Waals surface area contributed by atoms with Crippen molar-refractivity contribution in [2.45, 2.75) is 77.7 Å². The fourth-order valence-corrected chi connectivity index (χ4v) is 2.95. The van der Waals surface area contributed by atoms with Crippen molar-refractivity contribution in [2.75, 3.05) is 0 Å². The number of carbonyl (C=O) groups is 1. The van der Waals surface area contributed by atoms with Crippen LogP contribution in [-0.4, -0.2) is 27.1 Å². The Bertz CT molecular complexity index is 467. The number of H-pyrrole nitrogens is 1. The topological polar surface area (TPSA) is 70.7 Å². The largest absolute Gasteiger partial charge is 0.347 e. The summed E-state index contributed by atoms with van der Waals surface area (Å²) in [6.45, 7) is 8.38. The summed E-state index contributed by atoms with van der Waals surface area (Å²) in [7, 11) is 0. The van der Waals surface area contributed by atoms with Gasteiger partial charge in [-0.25, -0.2) is 4.98 Å². The van der Waals surface area contributed by atoms with Crippen molar-refractivity contribution < 1.29 is 4.79 Å². The SMILES string of the molecule is CCCC1CCC(NC(=O)c2n[nH]c(C(C)(C)C)n2)CC1. The summed E-state index contributed by atoms with van der Waals surface area (Å²) in [6, 6.07) is 0.280. The van der Waals surface area contributed by atoms with Crippen molar-refractivity contribution in [3.8, 4) is 0 Å². The lowest BCUT2D eigenvalue weighted by Gasteiger charge is -2.28. The van der Waals surface area contributed by atoms with Gasteiger partial charge in [0.15, 0.2) is 0 Å². The standard InChI is InChI=1S/C16H28N4O/c1-5-6-11-7-9-12(10-8-11)17-14(21)13-18-15(20-19-13)16(2,3)4/h11-12H,5-10H2,1-4H3,(H,17,21)(H,18,19,20). The smallest absolute Gasteiger partial charge is 0.291 e. The number of hydrogen-bond acceptors (Lipinski definition) is 3. The van der Waals surface area contributed by atoms with Crippen molar-refractivity contribution in [2.24, 2.45) is 5.92 Å². The zero-order valence-corrected chi connectivity index (χ0v) is 13.7. The minimum absolute atomic E-state index is 0.121. The lowest BCUT2D eigenvalue weighted by molar-refractivity contribution is 0.0911. The molecule has 0 saturated heterocycles. The molecule has 1 fully saturated rings. The Balaban J connectivity index is 1.86. The van der Waals surface area contributed by atoms with Crippen LogP contribution in [0.25, 0.3) is 0 Å². The Hall–Kier alpha value is -1.39. The van der Waals surface area contributed by atoms with E-state index in [9.17, 15) is 4.79 Å². The normalized spacial score (nSPS) is 23.0. The summed E-state index contributed by atoms with van der Waals surface area (Å²) in [5.74, 6) is 1.70. The summed E-state index contributed by atoms with van der Waals surface area (Å²) in [6.07, 6.45) is 7.17. The molecule has 0 aromatic carbocycles. The monoisotopic (exact) mass is 292 g/mol. The molecule has 0 atom stereocenters. The minimum Gasteiger partial charge on any atom is -0.347 e. The minimum atomic E-state index is -0.152. The van der Waals surface area contributed by atoms with E-state index < -0.39 is 0 Å². The molecule has 1 saturated carbocycles. The van der Waals surface area contributed by atoms with Crippen LogP contribution in [0.15, 0.2) is 0 Å². The molecule has 1 amide bonds. The van der Waals surface area contributed by atoms with Crippen molar-refractivity contribution >= 4 is 5.91 Å². The lowest BCUT2D eigenvalue weighted by atomic mass is 9.83. The number of aromatic nitrogens is 3. The van der Waals surface area contributed by atoms with E-state index in [1.54, 1.807) is 0 Å². The second-order valence-electron chi connectivity index (χ2n) is 7.24. The van der Waals surface area contributed by atoms with E-state index in [1.807, 2.05) is 20.8 Å². The maximum Gasteiger partial charge on any atom is 0.291 e. The van der Waals surface area contributed by atoms with Gasteiger partial charge in [0.2, 0.25) is 5.82 Å². The number of rotatable bonds is 4. The van der Waals surface area contributed by atoms with Crippen LogP contribution in [0, 0.1) is 5.92 Å². The molecule has 2 rings (SSSR count). The van der Waals surface area contributed by atoms with E-state index >= 15 is 0 Å². The Kier molecular flexibility index (Phi) is 5.01. The number of nitrogens with one attached hydrogen (secondary N) is 2. The van der Waals surface area contributed by atoms with E-state index in [4.69, 9.17) is 0 Å². The molecule has 0 unspecified atom stereocenters. The predicted molar refractivity (Wildman–Crippen MR) is 83.2 cm³/mol.